The van der Waals surface area contributed by atoms with Crippen LogP contribution in [0.2, 0.25) is 0 Å². The molecule has 1 aromatic heterocycles. The van der Waals surface area contributed by atoms with E-state index in [1.54, 1.807) is 7.11 Å². The quantitative estimate of drug-likeness (QED) is 0.748. The molecule has 0 amide bonds. The molecule has 2 aromatic rings. The molecule has 0 spiro atoms. The van der Waals surface area contributed by atoms with Crippen LogP contribution < -0.4 is 10.2 Å². The second kappa shape index (κ2) is 7.64. The number of fused-ring (bicyclic) bond motifs is 2. The normalized spacial score (nSPS) is 32.1. The minimum atomic E-state index is 0.213. The van der Waals surface area contributed by atoms with E-state index in [1.807, 2.05) is 0 Å². The van der Waals surface area contributed by atoms with Gasteiger partial charge >= 0.3 is 0 Å². The molecule has 0 radical (unpaired) electrons. The largest absolute Gasteiger partial charge is 0.380 e. The second-order valence-corrected chi connectivity index (χ2v) is 10.2. The highest BCUT2D eigenvalue weighted by Gasteiger charge is 2.49. The highest BCUT2D eigenvalue weighted by molar-refractivity contribution is 7.13. The topological polar surface area (TPSA) is 54.5 Å². The first-order chi connectivity index (χ1) is 14.1. The fraction of sp³-hybridized carbons (Fsp3) is 0.652. The average molecular weight is 414 g/mol. The van der Waals surface area contributed by atoms with Gasteiger partial charge in [-0.1, -0.05) is 6.92 Å². The minimum absolute atomic E-state index is 0.213. The zero-order chi connectivity index (χ0) is 20.0. The predicted octanol–water partition coefficient (Wildman–Crippen LogP) is 4.12. The van der Waals surface area contributed by atoms with E-state index in [-0.39, 0.29) is 5.78 Å². The van der Waals surface area contributed by atoms with Gasteiger partial charge < -0.3 is 15.0 Å². The van der Waals surface area contributed by atoms with E-state index < -0.39 is 0 Å². The number of anilines is 1. The molecule has 1 saturated carbocycles. The average Bonchev–Trinajstić information content (AvgIpc) is 3.35. The highest BCUT2D eigenvalue weighted by Crippen LogP contribution is 2.55. The molecule has 29 heavy (non-hydrogen) atoms. The number of carbonyl (C=O) groups is 1. The van der Waals surface area contributed by atoms with Crippen molar-refractivity contribution in [2.45, 2.75) is 45.1 Å². The minimum Gasteiger partial charge on any atom is -0.380 e. The molecular weight excluding hydrogens is 382 g/mol. The number of hydrogen-bond acceptors (Lipinski definition) is 6. The second-order valence-electron chi connectivity index (χ2n) is 9.36. The number of nitrogens with one attached hydrogen (secondary N) is 1. The van der Waals surface area contributed by atoms with Gasteiger partial charge in [-0.05, 0) is 85.8 Å². The Labute approximate surface area is 177 Å². The summed E-state index contributed by atoms with van der Waals surface area (Å²) < 4.78 is 11.2. The summed E-state index contributed by atoms with van der Waals surface area (Å²) in [5.74, 6) is 1.41. The fourth-order valence-electron chi connectivity index (χ4n) is 5.71. The lowest BCUT2D eigenvalue weighted by Gasteiger charge is -2.51. The van der Waals surface area contributed by atoms with Gasteiger partial charge in [0.15, 0.2) is 5.78 Å². The van der Waals surface area contributed by atoms with Gasteiger partial charge in [0.05, 0.1) is 10.8 Å². The zero-order valence-electron chi connectivity index (χ0n) is 17.4. The smallest absolute Gasteiger partial charge is 0.183 e. The van der Waals surface area contributed by atoms with Crippen LogP contribution in [0.5, 0.6) is 0 Å². The van der Waals surface area contributed by atoms with Gasteiger partial charge in [0, 0.05) is 37.7 Å². The van der Waals surface area contributed by atoms with Crippen LogP contribution in [0, 0.1) is 17.3 Å². The molecule has 3 fully saturated rings. The molecule has 2 aliphatic heterocycles. The summed E-state index contributed by atoms with van der Waals surface area (Å²) in [6, 6.07) is 6.43. The number of aromatic nitrogens is 1. The van der Waals surface area contributed by atoms with E-state index in [0.717, 1.165) is 48.6 Å². The number of carbonyl (C=O) groups excluding carboxylic acids is 1. The molecule has 5 rings (SSSR count). The van der Waals surface area contributed by atoms with Crippen molar-refractivity contribution in [2.75, 3.05) is 38.2 Å². The molecule has 2 saturated heterocycles. The van der Waals surface area contributed by atoms with Crippen molar-refractivity contribution < 1.29 is 9.53 Å². The Morgan fingerprint density at radius 1 is 1.38 bits per heavy atom. The molecule has 5 nitrogen and oxygen atoms in total. The van der Waals surface area contributed by atoms with Gasteiger partial charge in [0.25, 0.3) is 0 Å². The van der Waals surface area contributed by atoms with Crippen LogP contribution >= 0.6 is 11.5 Å². The Hall–Kier alpha value is -1.50. The summed E-state index contributed by atoms with van der Waals surface area (Å²) in [6.07, 6.45) is 5.83. The number of benzene rings is 1. The summed E-state index contributed by atoms with van der Waals surface area (Å²) in [6.45, 7) is 6.40. The van der Waals surface area contributed by atoms with Crippen molar-refractivity contribution in [1.82, 2.24) is 9.69 Å². The molecule has 156 valence electrons. The number of methoxy groups -OCH3 is 1. The first-order valence-corrected chi connectivity index (χ1v) is 11.8. The number of rotatable bonds is 5. The SMILES string of the molecule is COC1CCN(c2ccc3c(C(=O)C[C@@H]4CNCCC5CC[C@@]54C)nsc3c2)C1. The molecule has 0 bridgehead atoms. The number of hydrogen-bond donors (Lipinski definition) is 1. The Bertz CT molecular complexity index is 913. The van der Waals surface area contributed by atoms with Crippen LogP contribution in [0.3, 0.4) is 0 Å². The molecule has 1 aromatic carbocycles. The fourth-order valence-corrected chi connectivity index (χ4v) is 6.53. The lowest BCUT2D eigenvalue weighted by Crippen LogP contribution is -2.45. The number of ether oxygens (including phenoxy) is 1. The van der Waals surface area contributed by atoms with Crippen molar-refractivity contribution in [3.8, 4) is 0 Å². The van der Waals surface area contributed by atoms with Crippen LogP contribution in [0.4, 0.5) is 5.69 Å². The summed E-state index contributed by atoms with van der Waals surface area (Å²) >= 11 is 1.46. The van der Waals surface area contributed by atoms with Crippen LogP contribution in [0.15, 0.2) is 18.2 Å². The Kier molecular flexibility index (Phi) is 5.13. The molecule has 1 aliphatic carbocycles. The Morgan fingerprint density at radius 3 is 3.03 bits per heavy atom. The maximum absolute atomic E-state index is 13.2. The van der Waals surface area contributed by atoms with Gasteiger partial charge in [-0.3, -0.25) is 4.79 Å². The van der Waals surface area contributed by atoms with Crippen molar-refractivity contribution in [1.29, 1.82) is 0 Å². The van der Waals surface area contributed by atoms with Gasteiger partial charge in [0.2, 0.25) is 0 Å². The molecule has 6 heteroatoms. The van der Waals surface area contributed by atoms with Crippen LogP contribution in [-0.2, 0) is 4.74 Å². The maximum atomic E-state index is 13.2. The maximum Gasteiger partial charge on any atom is 0.183 e. The summed E-state index contributed by atoms with van der Waals surface area (Å²) in [5, 5.41) is 4.59. The molecular formula is C23H31N3O2S. The standard InChI is InChI=1S/C23H31N3O2S/c1-23-8-5-15(23)6-9-24-13-16(23)11-20(27)22-19-4-3-17(12-21(19)29-25-22)26-10-7-18(14-26)28-2/h3-4,12,15-16,18,24H,5-11,13-14H2,1-2H3/t15?,16-,18?,23+/m1/s1. The molecule has 3 heterocycles. The van der Waals surface area contributed by atoms with Crippen LogP contribution in [-0.4, -0.2) is 49.5 Å². The first kappa shape index (κ1) is 19.5. The van der Waals surface area contributed by atoms with E-state index in [9.17, 15) is 4.79 Å². The monoisotopic (exact) mass is 413 g/mol. The van der Waals surface area contributed by atoms with Gasteiger partial charge in [-0.2, -0.15) is 4.37 Å². The number of nitrogens with zero attached hydrogens (tertiary/aromatic N) is 2. The van der Waals surface area contributed by atoms with Crippen LogP contribution in [0.25, 0.3) is 10.1 Å². The van der Waals surface area contributed by atoms with Crippen molar-refractivity contribution in [2.24, 2.45) is 17.3 Å². The summed E-state index contributed by atoms with van der Waals surface area (Å²) in [5.41, 5.74) is 2.21. The van der Waals surface area contributed by atoms with E-state index in [1.165, 1.54) is 36.5 Å². The van der Waals surface area contributed by atoms with Crippen molar-refractivity contribution >= 4 is 33.1 Å². The third-order valence-corrected chi connectivity index (χ3v) is 8.76. The molecule has 1 N–H and O–H groups in total. The third kappa shape index (κ3) is 3.39. The molecule has 2 unspecified atom stereocenters. The van der Waals surface area contributed by atoms with Gasteiger partial charge in [-0.25, -0.2) is 0 Å². The lowest BCUT2D eigenvalue weighted by atomic mass is 9.54. The van der Waals surface area contributed by atoms with E-state index >= 15 is 0 Å². The lowest BCUT2D eigenvalue weighted by molar-refractivity contribution is -0.00668. The number of Topliss-reactive ketones (excluding diaryl/α,β-unsaturated/α-hetero) is 1. The van der Waals surface area contributed by atoms with E-state index in [4.69, 9.17) is 4.74 Å². The highest BCUT2D eigenvalue weighted by atomic mass is 32.1. The van der Waals surface area contributed by atoms with Crippen molar-refractivity contribution in [3.63, 3.8) is 0 Å². The Balaban J connectivity index is 1.34. The summed E-state index contributed by atoms with van der Waals surface area (Å²) in [7, 11) is 1.79. The number of ketones is 1. The third-order valence-electron chi connectivity index (χ3n) is 7.95. The predicted molar refractivity (Wildman–Crippen MR) is 118 cm³/mol. The van der Waals surface area contributed by atoms with E-state index in [0.29, 0.717) is 29.6 Å². The summed E-state index contributed by atoms with van der Waals surface area (Å²) in [4.78, 5) is 15.6. The van der Waals surface area contributed by atoms with Gasteiger partial charge in [0.1, 0.15) is 5.69 Å². The zero-order valence-corrected chi connectivity index (χ0v) is 18.3. The Morgan fingerprint density at radius 2 is 2.28 bits per heavy atom. The first-order valence-electron chi connectivity index (χ1n) is 11.0. The van der Waals surface area contributed by atoms with Crippen molar-refractivity contribution in [3.05, 3.63) is 23.9 Å². The van der Waals surface area contributed by atoms with Crippen LogP contribution in [0.1, 0.15) is 49.5 Å². The molecule has 3 aliphatic rings. The van der Waals surface area contributed by atoms with Gasteiger partial charge in [-0.15, -0.1) is 0 Å². The van der Waals surface area contributed by atoms with E-state index in [2.05, 4.69) is 39.7 Å². The molecule has 4 atom stereocenters.